The predicted molar refractivity (Wildman–Crippen MR) is 166 cm³/mol. The maximum Gasteiger partial charge on any atom is 0.399 e. The summed E-state index contributed by atoms with van der Waals surface area (Å²) in [5.74, 6) is -6.55. The Morgan fingerprint density at radius 3 is 2.00 bits per heavy atom. The summed E-state index contributed by atoms with van der Waals surface area (Å²) in [7, 11) is 0. The number of alkyl halides is 6. The summed E-state index contributed by atoms with van der Waals surface area (Å²) in [5.41, 5.74) is 1.66. The molecule has 0 amide bonds. The molecule has 1 heterocycles. The third-order valence-corrected chi connectivity index (χ3v) is 6.92. The molecule has 2 aromatic carbocycles. The highest BCUT2D eigenvalue weighted by atomic mass is 35.5. The zero-order chi connectivity index (χ0) is 35.2. The third-order valence-electron chi connectivity index (χ3n) is 6.38. The van der Waals surface area contributed by atoms with E-state index in [1.165, 1.54) is 27.7 Å². The van der Waals surface area contributed by atoms with E-state index in [-0.39, 0.29) is 11.8 Å². The van der Waals surface area contributed by atoms with Gasteiger partial charge in [0.1, 0.15) is 23.2 Å². The molecule has 1 atom stereocenters. The van der Waals surface area contributed by atoms with E-state index < -0.39 is 79.0 Å². The van der Waals surface area contributed by atoms with Gasteiger partial charge in [0.25, 0.3) is 0 Å². The second kappa shape index (κ2) is 15.3. The average Bonchev–Trinajstić information content (AvgIpc) is 2.94. The number of aryl methyl sites for hydroxylation is 1. The summed E-state index contributed by atoms with van der Waals surface area (Å²) >= 11 is 12.5. The number of phenols is 1. The van der Waals surface area contributed by atoms with Gasteiger partial charge in [-0.05, 0) is 68.7 Å². The highest BCUT2D eigenvalue weighted by Crippen LogP contribution is 2.42. The quantitative estimate of drug-likeness (QED) is 0.0999. The standard InChI is InChI=1S/C28H24Cl2F6N2O3.2C2H6/c1-12-7-15(9-20(39)13(12)2)17(27(32,33)34)10-19(31)14-5-6-16(18(8-14)28(35,36)37)24(41)22-21(40)11-38-25(23(22)29)26(3,4)30;2*1-2/h5-11,17,39-40H,37H2,1-4H3;2*1-2H3/b19-10-;;. The molecule has 4 N–H and O–H groups in total. The molecule has 5 nitrogen and oxygen atoms in total. The van der Waals surface area contributed by atoms with Gasteiger partial charge in [0.2, 0.25) is 0 Å². The monoisotopic (exact) mass is 680 g/mol. The van der Waals surface area contributed by atoms with E-state index in [1.54, 1.807) is 0 Å². The van der Waals surface area contributed by atoms with Crippen molar-refractivity contribution >= 4 is 34.8 Å². The van der Waals surface area contributed by atoms with Gasteiger partial charge in [-0.2, -0.15) is 22.0 Å². The lowest BCUT2D eigenvalue weighted by atomic mass is 9.91. The molecule has 0 radical (unpaired) electrons. The maximum absolute atomic E-state index is 15.3. The molecule has 0 spiro atoms. The molecule has 248 valence electrons. The molecule has 45 heavy (non-hydrogen) atoms. The lowest BCUT2D eigenvalue weighted by Gasteiger charge is -2.21. The number of benzene rings is 2. The number of pyridine rings is 1. The van der Waals surface area contributed by atoms with Gasteiger partial charge in [0.15, 0.2) is 5.78 Å². The molecular weight excluding hydrogens is 645 g/mol. The van der Waals surface area contributed by atoms with E-state index in [9.17, 15) is 37.0 Å². The zero-order valence-electron chi connectivity index (χ0n) is 26.0. The summed E-state index contributed by atoms with van der Waals surface area (Å²) in [6.45, 7) is 13.9. The van der Waals surface area contributed by atoms with Gasteiger partial charge in [0.05, 0.1) is 27.4 Å². The van der Waals surface area contributed by atoms with Crippen molar-refractivity contribution in [2.75, 3.05) is 0 Å². The molecule has 0 bridgehead atoms. The van der Waals surface area contributed by atoms with Gasteiger partial charge in [-0.3, -0.25) is 15.5 Å². The van der Waals surface area contributed by atoms with E-state index in [0.717, 1.165) is 30.5 Å². The first-order chi connectivity index (χ1) is 20.6. The normalized spacial score (nSPS) is 12.9. The number of aromatic hydroxyl groups is 2. The minimum atomic E-state index is -5.02. The van der Waals surface area contributed by atoms with Gasteiger partial charge in [-0.15, -0.1) is 11.6 Å². The molecule has 3 aromatic rings. The number of ketones is 1. The van der Waals surface area contributed by atoms with Crippen LogP contribution in [0.15, 0.2) is 42.6 Å². The molecule has 0 aliphatic carbocycles. The first-order valence-electron chi connectivity index (χ1n) is 13.8. The van der Waals surface area contributed by atoms with Crippen molar-refractivity contribution in [3.8, 4) is 11.5 Å². The minimum absolute atomic E-state index is 0.0517. The molecule has 1 aromatic heterocycles. The summed E-state index contributed by atoms with van der Waals surface area (Å²) in [6.07, 6.45) is -4.01. The number of carbonyl (C=O) groups is 1. The largest absolute Gasteiger partial charge is 0.508 e. The van der Waals surface area contributed by atoms with Crippen LogP contribution in [0.1, 0.15) is 96.9 Å². The van der Waals surface area contributed by atoms with Crippen molar-refractivity contribution in [2.24, 2.45) is 5.73 Å². The number of halogens is 8. The van der Waals surface area contributed by atoms with Crippen molar-refractivity contribution in [1.82, 2.24) is 4.98 Å². The molecule has 3 rings (SSSR count). The molecule has 0 aliphatic rings. The molecule has 0 fully saturated rings. The van der Waals surface area contributed by atoms with E-state index >= 15 is 4.39 Å². The maximum atomic E-state index is 15.3. The zero-order valence-corrected chi connectivity index (χ0v) is 27.5. The first-order valence-corrected chi connectivity index (χ1v) is 14.6. The fraction of sp³-hybridized carbons (Fsp3) is 0.375. The predicted octanol–water partition coefficient (Wildman–Crippen LogP) is 10.2. The lowest BCUT2D eigenvalue weighted by Crippen LogP contribution is -2.28. The van der Waals surface area contributed by atoms with E-state index in [2.05, 4.69) is 4.98 Å². The number of carbonyl (C=O) groups excluding carboxylic acids is 1. The van der Waals surface area contributed by atoms with Crippen LogP contribution in [-0.2, 0) is 10.9 Å². The third kappa shape index (κ3) is 9.37. The van der Waals surface area contributed by atoms with Crippen LogP contribution < -0.4 is 5.73 Å². The smallest absolute Gasteiger partial charge is 0.399 e. The van der Waals surface area contributed by atoms with Gasteiger partial charge in [0, 0.05) is 16.7 Å². The Bertz CT molecular complexity index is 1520. The van der Waals surface area contributed by atoms with Crippen LogP contribution in [0.5, 0.6) is 11.5 Å². The van der Waals surface area contributed by atoms with Crippen molar-refractivity contribution in [3.05, 3.63) is 92.3 Å². The molecule has 0 saturated carbocycles. The fourth-order valence-electron chi connectivity index (χ4n) is 4.08. The lowest BCUT2D eigenvalue weighted by molar-refractivity contribution is -0.139. The van der Waals surface area contributed by atoms with Crippen LogP contribution in [0.25, 0.3) is 5.83 Å². The number of hydrogen-bond acceptors (Lipinski definition) is 5. The highest BCUT2D eigenvalue weighted by Gasteiger charge is 2.41. The topological polar surface area (TPSA) is 96.4 Å². The number of phenolic OH excluding ortho intramolecular Hbond substituents is 1. The number of rotatable bonds is 7. The Labute approximate surface area is 268 Å². The van der Waals surface area contributed by atoms with Crippen molar-refractivity contribution in [3.63, 3.8) is 0 Å². The second-order valence-electron chi connectivity index (χ2n) is 9.88. The Kier molecular flexibility index (Phi) is 13.5. The first kappa shape index (κ1) is 39.7. The average molecular weight is 682 g/mol. The molecule has 0 aliphatic heterocycles. The Morgan fingerprint density at radius 2 is 1.53 bits per heavy atom. The number of nitrogens with zero attached hydrogens (tertiary/aromatic N) is 1. The van der Waals surface area contributed by atoms with Gasteiger partial charge in [-0.1, -0.05) is 51.4 Å². The Hall–Kier alpha value is -3.28. The summed E-state index contributed by atoms with van der Waals surface area (Å²) < 4.78 is 86.1. The summed E-state index contributed by atoms with van der Waals surface area (Å²) in [5, 5.41) is 19.8. The van der Waals surface area contributed by atoms with Crippen molar-refractivity contribution in [2.45, 2.75) is 78.4 Å². The second-order valence-corrected chi connectivity index (χ2v) is 11.2. The number of hydrogen-bond donors (Lipinski definition) is 3. The number of nitrogens with two attached hydrogens (primary N) is 1. The molecule has 13 heteroatoms. The van der Waals surface area contributed by atoms with E-state index in [4.69, 9.17) is 28.9 Å². The molecule has 1 unspecified atom stereocenters. The van der Waals surface area contributed by atoms with Crippen LogP contribution in [0.3, 0.4) is 0 Å². The van der Waals surface area contributed by atoms with Crippen molar-refractivity contribution < 1.29 is 41.4 Å². The molecule has 0 saturated heterocycles. The highest BCUT2D eigenvalue weighted by molar-refractivity contribution is 6.37. The van der Waals surface area contributed by atoms with Gasteiger partial charge < -0.3 is 10.2 Å². The summed E-state index contributed by atoms with van der Waals surface area (Å²) in [4.78, 5) is 16.0. The van der Waals surface area contributed by atoms with E-state index in [1.807, 2.05) is 27.7 Å². The molecular formula is C32H36Cl2F6N2O3. The number of aromatic nitrogens is 1. The van der Waals surface area contributed by atoms with Gasteiger partial charge in [-0.25, -0.2) is 4.39 Å². The van der Waals surface area contributed by atoms with Crippen LogP contribution in [0.2, 0.25) is 5.02 Å². The van der Waals surface area contributed by atoms with Crippen LogP contribution in [0.4, 0.5) is 26.3 Å². The van der Waals surface area contributed by atoms with Crippen molar-refractivity contribution in [1.29, 1.82) is 0 Å². The number of allylic oxidation sites excluding steroid dienone is 1. The Balaban J connectivity index is 0.00000243. The minimum Gasteiger partial charge on any atom is -0.508 e. The summed E-state index contributed by atoms with van der Waals surface area (Å²) in [6, 6.07) is -0.338. The van der Waals surface area contributed by atoms with E-state index in [0.29, 0.717) is 17.2 Å². The van der Waals surface area contributed by atoms with Crippen LogP contribution in [-0.4, -0.2) is 27.2 Å². The van der Waals surface area contributed by atoms with Gasteiger partial charge >= 0.3 is 12.2 Å². The van der Waals surface area contributed by atoms with Crippen LogP contribution in [0, 0.1) is 13.8 Å². The Morgan fingerprint density at radius 1 is 0.978 bits per heavy atom. The van der Waals surface area contributed by atoms with Crippen LogP contribution >= 0.6 is 23.2 Å². The SMILES string of the molecule is CC.CC.Cc1cc(C(/C=C(\F)c2ccc(C(=O)c3c(O)cnc(C(C)(C)Cl)c3Cl)c(C(N)(F)F)c2)C(F)(F)F)cc(O)c1C. The fourth-order valence-corrected chi connectivity index (χ4v) is 4.74.